The summed E-state index contributed by atoms with van der Waals surface area (Å²) in [7, 11) is 1.85. The fourth-order valence-corrected chi connectivity index (χ4v) is 2.95. The Morgan fingerprint density at radius 3 is 2.88 bits per heavy atom. The molecule has 8 heteroatoms. The zero-order valence-corrected chi connectivity index (χ0v) is 14.4. The molecule has 2 aromatic heterocycles. The predicted octanol–water partition coefficient (Wildman–Crippen LogP) is 3.26. The first-order chi connectivity index (χ1) is 11.6. The Kier molecular flexibility index (Phi) is 5.12. The van der Waals surface area contributed by atoms with Gasteiger partial charge < -0.3 is 9.88 Å². The summed E-state index contributed by atoms with van der Waals surface area (Å²) in [6.45, 7) is 0. The van der Waals surface area contributed by atoms with Crippen LogP contribution in [0.1, 0.15) is 0 Å². The molecule has 1 aromatic carbocycles. The van der Waals surface area contributed by atoms with Crippen molar-refractivity contribution in [3.63, 3.8) is 0 Å². The SMILES string of the molecule is Cn1c(SCC(=O)Nc2cccc(Cl)c2)nnc1-c1ccccn1. The van der Waals surface area contributed by atoms with Gasteiger partial charge in [-0.1, -0.05) is 35.5 Å². The topological polar surface area (TPSA) is 72.7 Å². The standard InChI is InChI=1S/C16H14ClN5OS/c1-22-15(13-7-2-3-8-18-13)20-21-16(22)24-10-14(23)19-12-6-4-5-11(17)9-12/h2-9H,10H2,1H3,(H,19,23). The van der Waals surface area contributed by atoms with Crippen LogP contribution in [-0.4, -0.2) is 31.4 Å². The number of carbonyl (C=O) groups is 1. The van der Waals surface area contributed by atoms with E-state index in [-0.39, 0.29) is 11.7 Å². The first-order valence-corrected chi connectivity index (χ1v) is 8.49. The maximum atomic E-state index is 12.0. The summed E-state index contributed by atoms with van der Waals surface area (Å²) >= 11 is 7.21. The summed E-state index contributed by atoms with van der Waals surface area (Å²) in [5.41, 5.74) is 1.41. The molecule has 2 heterocycles. The number of carbonyl (C=O) groups excluding carboxylic acids is 1. The van der Waals surface area contributed by atoms with E-state index < -0.39 is 0 Å². The second kappa shape index (κ2) is 7.46. The lowest BCUT2D eigenvalue weighted by Gasteiger charge is -2.05. The predicted molar refractivity (Wildman–Crippen MR) is 95.0 cm³/mol. The van der Waals surface area contributed by atoms with Gasteiger partial charge in [-0.25, -0.2) is 0 Å². The van der Waals surface area contributed by atoms with Crippen molar-refractivity contribution in [2.45, 2.75) is 5.16 Å². The van der Waals surface area contributed by atoms with E-state index in [2.05, 4.69) is 20.5 Å². The normalized spacial score (nSPS) is 10.6. The molecule has 3 aromatic rings. The summed E-state index contributed by atoms with van der Waals surface area (Å²) in [5, 5.41) is 12.3. The Morgan fingerprint density at radius 2 is 2.12 bits per heavy atom. The maximum Gasteiger partial charge on any atom is 0.234 e. The van der Waals surface area contributed by atoms with E-state index in [4.69, 9.17) is 11.6 Å². The number of nitrogens with zero attached hydrogens (tertiary/aromatic N) is 4. The Hall–Kier alpha value is -2.38. The van der Waals surface area contributed by atoms with Gasteiger partial charge in [-0.2, -0.15) is 0 Å². The Balaban J connectivity index is 1.63. The summed E-state index contributed by atoms with van der Waals surface area (Å²) < 4.78 is 1.82. The molecule has 24 heavy (non-hydrogen) atoms. The average Bonchev–Trinajstić information content (AvgIpc) is 2.94. The van der Waals surface area contributed by atoms with Crippen molar-refractivity contribution in [1.82, 2.24) is 19.7 Å². The zero-order chi connectivity index (χ0) is 16.9. The third-order valence-corrected chi connectivity index (χ3v) is 4.42. The number of hydrogen-bond acceptors (Lipinski definition) is 5. The van der Waals surface area contributed by atoms with Crippen molar-refractivity contribution in [1.29, 1.82) is 0 Å². The van der Waals surface area contributed by atoms with Crippen molar-refractivity contribution in [3.8, 4) is 11.5 Å². The van der Waals surface area contributed by atoms with E-state index in [1.165, 1.54) is 11.8 Å². The number of pyridine rings is 1. The second-order valence-electron chi connectivity index (χ2n) is 4.93. The minimum atomic E-state index is -0.135. The van der Waals surface area contributed by atoms with Gasteiger partial charge in [0, 0.05) is 24.0 Å². The molecule has 0 aliphatic carbocycles. The number of benzene rings is 1. The van der Waals surface area contributed by atoms with Crippen molar-refractivity contribution < 1.29 is 4.79 Å². The molecule has 122 valence electrons. The highest BCUT2D eigenvalue weighted by atomic mass is 35.5. The number of anilines is 1. The molecule has 1 amide bonds. The minimum Gasteiger partial charge on any atom is -0.325 e. The van der Waals surface area contributed by atoms with E-state index >= 15 is 0 Å². The van der Waals surface area contributed by atoms with Crippen LogP contribution in [0.25, 0.3) is 11.5 Å². The van der Waals surface area contributed by atoms with Crippen molar-refractivity contribution >= 4 is 35.0 Å². The van der Waals surface area contributed by atoms with Crippen LogP contribution in [-0.2, 0) is 11.8 Å². The lowest BCUT2D eigenvalue weighted by atomic mass is 10.3. The maximum absolute atomic E-state index is 12.0. The molecule has 0 saturated heterocycles. The smallest absolute Gasteiger partial charge is 0.234 e. The van der Waals surface area contributed by atoms with Crippen molar-refractivity contribution in [2.24, 2.45) is 7.05 Å². The largest absolute Gasteiger partial charge is 0.325 e. The van der Waals surface area contributed by atoms with Crippen LogP contribution in [0.4, 0.5) is 5.69 Å². The first kappa shape index (κ1) is 16.5. The number of halogens is 1. The van der Waals surface area contributed by atoms with Crippen LogP contribution in [0.5, 0.6) is 0 Å². The van der Waals surface area contributed by atoms with Gasteiger partial charge in [0.05, 0.1) is 5.75 Å². The molecule has 0 radical (unpaired) electrons. The number of amides is 1. The number of thioether (sulfide) groups is 1. The van der Waals surface area contributed by atoms with E-state index in [0.717, 1.165) is 5.69 Å². The van der Waals surface area contributed by atoms with Gasteiger partial charge >= 0.3 is 0 Å². The van der Waals surface area contributed by atoms with Crippen LogP contribution in [0.15, 0.2) is 53.8 Å². The fraction of sp³-hybridized carbons (Fsp3) is 0.125. The molecule has 0 spiro atoms. The Bertz CT molecular complexity index is 853. The summed E-state index contributed by atoms with van der Waals surface area (Å²) in [4.78, 5) is 16.3. The third kappa shape index (κ3) is 3.93. The van der Waals surface area contributed by atoms with E-state index in [1.54, 1.807) is 30.5 Å². The zero-order valence-electron chi connectivity index (χ0n) is 12.8. The highest BCUT2D eigenvalue weighted by molar-refractivity contribution is 7.99. The molecule has 0 aliphatic rings. The van der Waals surface area contributed by atoms with Crippen LogP contribution in [0, 0.1) is 0 Å². The molecule has 0 bridgehead atoms. The van der Waals surface area contributed by atoms with E-state index in [1.807, 2.05) is 29.8 Å². The third-order valence-electron chi connectivity index (χ3n) is 3.17. The van der Waals surface area contributed by atoms with Crippen LogP contribution in [0.2, 0.25) is 5.02 Å². The molecule has 6 nitrogen and oxygen atoms in total. The Labute approximate surface area is 148 Å². The van der Waals surface area contributed by atoms with Gasteiger partial charge in [-0.15, -0.1) is 10.2 Å². The van der Waals surface area contributed by atoms with Gasteiger partial charge in [0.15, 0.2) is 11.0 Å². The number of rotatable bonds is 5. The molecule has 0 saturated carbocycles. The molecule has 0 aliphatic heterocycles. The first-order valence-electron chi connectivity index (χ1n) is 7.12. The number of nitrogens with one attached hydrogen (secondary N) is 1. The summed E-state index contributed by atoms with van der Waals surface area (Å²) in [5.74, 6) is 0.749. The van der Waals surface area contributed by atoms with Gasteiger partial charge in [0.25, 0.3) is 0 Å². The molecule has 1 N–H and O–H groups in total. The van der Waals surface area contributed by atoms with Gasteiger partial charge in [-0.05, 0) is 30.3 Å². The lowest BCUT2D eigenvalue weighted by molar-refractivity contribution is -0.113. The number of hydrogen-bond donors (Lipinski definition) is 1. The lowest BCUT2D eigenvalue weighted by Crippen LogP contribution is -2.14. The highest BCUT2D eigenvalue weighted by Crippen LogP contribution is 2.21. The van der Waals surface area contributed by atoms with Crippen LogP contribution in [0.3, 0.4) is 0 Å². The Morgan fingerprint density at radius 1 is 1.25 bits per heavy atom. The number of aromatic nitrogens is 4. The molecular formula is C16H14ClN5OS. The quantitative estimate of drug-likeness (QED) is 0.708. The molecule has 0 unspecified atom stereocenters. The van der Waals surface area contributed by atoms with Gasteiger partial charge in [-0.3, -0.25) is 9.78 Å². The highest BCUT2D eigenvalue weighted by Gasteiger charge is 2.13. The summed E-state index contributed by atoms with van der Waals surface area (Å²) in [6.07, 6.45) is 1.70. The molecule has 0 fully saturated rings. The molecule has 0 atom stereocenters. The summed E-state index contributed by atoms with van der Waals surface area (Å²) in [6, 6.07) is 12.6. The average molecular weight is 360 g/mol. The molecule has 3 rings (SSSR count). The van der Waals surface area contributed by atoms with E-state index in [9.17, 15) is 4.79 Å². The van der Waals surface area contributed by atoms with Gasteiger partial charge in [0.1, 0.15) is 5.69 Å². The van der Waals surface area contributed by atoms with Crippen molar-refractivity contribution in [2.75, 3.05) is 11.1 Å². The monoisotopic (exact) mass is 359 g/mol. The molecular weight excluding hydrogens is 346 g/mol. The van der Waals surface area contributed by atoms with Crippen molar-refractivity contribution in [3.05, 3.63) is 53.7 Å². The second-order valence-corrected chi connectivity index (χ2v) is 6.31. The van der Waals surface area contributed by atoms with Gasteiger partial charge in [0.2, 0.25) is 5.91 Å². The van der Waals surface area contributed by atoms with E-state index in [0.29, 0.717) is 21.7 Å². The van der Waals surface area contributed by atoms with Crippen LogP contribution >= 0.6 is 23.4 Å². The minimum absolute atomic E-state index is 0.135. The van der Waals surface area contributed by atoms with Crippen LogP contribution < -0.4 is 5.32 Å². The fourth-order valence-electron chi connectivity index (χ4n) is 2.05.